The minimum Gasteiger partial charge on any atom is -0.353 e. The Balaban J connectivity index is 2.51. The van der Waals surface area contributed by atoms with Crippen LogP contribution in [0.4, 0.5) is 10.1 Å². The van der Waals surface area contributed by atoms with Crippen LogP contribution in [0, 0.1) is 5.82 Å². The summed E-state index contributed by atoms with van der Waals surface area (Å²) in [6.45, 7) is 2.48. The molecule has 7 heteroatoms. The van der Waals surface area contributed by atoms with Gasteiger partial charge in [-0.2, -0.15) is 11.8 Å². The first-order valence-electron chi connectivity index (χ1n) is 6.85. The van der Waals surface area contributed by atoms with E-state index < -0.39 is 15.2 Å². The van der Waals surface area contributed by atoms with E-state index in [1.807, 2.05) is 11.8 Å². The Morgan fingerprint density at radius 1 is 1.48 bits per heavy atom. The molecule has 0 aromatic heterocycles. The Bertz CT molecular complexity index is 607. The Morgan fingerprint density at radius 2 is 2.19 bits per heavy atom. The molecule has 2 atom stereocenters. The van der Waals surface area contributed by atoms with Crippen LogP contribution in [0.25, 0.3) is 0 Å². The number of hydrogen-bond donors (Lipinski definition) is 1. The van der Waals surface area contributed by atoms with E-state index >= 15 is 0 Å². The standard InChI is InChI=1S/C14H21FN2O2S2/c1-10(16-2)14-11(15)5-4-6-12(14)17-7-8-20-9-13(17)21(3,18)19/h4-6,10,13,16H,7-9H2,1-3H3. The first kappa shape index (κ1) is 16.6. The lowest BCUT2D eigenvalue weighted by atomic mass is 10.0. The number of anilines is 1. The number of halogens is 1. The summed E-state index contributed by atoms with van der Waals surface area (Å²) in [5, 5.41) is 2.44. The first-order valence-corrected chi connectivity index (χ1v) is 9.96. The van der Waals surface area contributed by atoms with Gasteiger partial charge in [0.1, 0.15) is 11.2 Å². The van der Waals surface area contributed by atoms with Gasteiger partial charge in [0.2, 0.25) is 0 Å². The minimum atomic E-state index is -3.22. The van der Waals surface area contributed by atoms with Crippen LogP contribution < -0.4 is 10.2 Å². The predicted octanol–water partition coefficient (Wildman–Crippen LogP) is 2.03. The molecule has 1 aliphatic heterocycles. The second-order valence-electron chi connectivity index (χ2n) is 5.24. The summed E-state index contributed by atoms with van der Waals surface area (Å²) in [6.07, 6.45) is 1.25. The molecule has 1 fully saturated rings. The fourth-order valence-electron chi connectivity index (χ4n) is 2.56. The SMILES string of the molecule is CNC(C)c1c(F)cccc1N1CCSCC1S(C)(=O)=O. The van der Waals surface area contributed by atoms with Crippen molar-refractivity contribution in [1.82, 2.24) is 5.32 Å². The van der Waals surface area contributed by atoms with Crippen LogP contribution >= 0.6 is 11.8 Å². The lowest BCUT2D eigenvalue weighted by molar-refractivity contribution is 0.556. The number of nitrogens with one attached hydrogen (secondary N) is 1. The molecule has 118 valence electrons. The van der Waals surface area contributed by atoms with E-state index in [2.05, 4.69) is 5.32 Å². The van der Waals surface area contributed by atoms with Crippen LogP contribution in [0.5, 0.6) is 0 Å². The van der Waals surface area contributed by atoms with Crippen LogP contribution in [0.2, 0.25) is 0 Å². The molecular weight excluding hydrogens is 311 g/mol. The van der Waals surface area contributed by atoms with Gasteiger partial charge in [0.05, 0.1) is 0 Å². The normalized spacial score (nSPS) is 21.3. The number of sulfone groups is 1. The minimum absolute atomic E-state index is 0.184. The third-order valence-electron chi connectivity index (χ3n) is 3.78. The molecule has 4 nitrogen and oxygen atoms in total. The van der Waals surface area contributed by atoms with E-state index in [0.29, 0.717) is 23.5 Å². The zero-order chi connectivity index (χ0) is 15.6. The van der Waals surface area contributed by atoms with Crippen molar-refractivity contribution in [2.24, 2.45) is 0 Å². The summed E-state index contributed by atoms with van der Waals surface area (Å²) in [5.74, 6) is 1.05. The maximum Gasteiger partial charge on any atom is 0.169 e. The first-order chi connectivity index (χ1) is 9.86. The van der Waals surface area contributed by atoms with Crippen LogP contribution in [-0.4, -0.2) is 45.1 Å². The molecular formula is C14H21FN2O2S2. The summed E-state index contributed by atoms with van der Waals surface area (Å²) >= 11 is 1.62. The average Bonchev–Trinajstić information content (AvgIpc) is 2.45. The predicted molar refractivity (Wildman–Crippen MR) is 87.2 cm³/mol. The van der Waals surface area contributed by atoms with E-state index in [4.69, 9.17) is 0 Å². The molecule has 1 aromatic rings. The smallest absolute Gasteiger partial charge is 0.169 e. The van der Waals surface area contributed by atoms with E-state index in [0.717, 1.165) is 5.75 Å². The quantitative estimate of drug-likeness (QED) is 0.914. The van der Waals surface area contributed by atoms with Gasteiger partial charge in [-0.05, 0) is 26.1 Å². The van der Waals surface area contributed by atoms with Crippen LogP contribution in [-0.2, 0) is 9.84 Å². The highest BCUT2D eigenvalue weighted by atomic mass is 32.2. The molecule has 21 heavy (non-hydrogen) atoms. The molecule has 0 bridgehead atoms. The van der Waals surface area contributed by atoms with E-state index in [9.17, 15) is 12.8 Å². The molecule has 0 saturated carbocycles. The van der Waals surface area contributed by atoms with Crippen molar-refractivity contribution < 1.29 is 12.8 Å². The van der Waals surface area contributed by atoms with Gasteiger partial charge in [0, 0.05) is 41.6 Å². The molecule has 0 amide bonds. The summed E-state index contributed by atoms with van der Waals surface area (Å²) in [7, 11) is -1.46. The topological polar surface area (TPSA) is 49.4 Å². The fourth-order valence-corrected chi connectivity index (χ4v) is 5.39. The average molecular weight is 332 g/mol. The number of thioether (sulfide) groups is 1. The van der Waals surface area contributed by atoms with Gasteiger partial charge in [-0.3, -0.25) is 0 Å². The Morgan fingerprint density at radius 3 is 2.81 bits per heavy atom. The van der Waals surface area contributed by atoms with Gasteiger partial charge in [-0.15, -0.1) is 0 Å². The molecule has 1 N–H and O–H groups in total. The molecule has 0 radical (unpaired) electrons. The third kappa shape index (κ3) is 3.52. The van der Waals surface area contributed by atoms with E-state index in [1.54, 1.807) is 30.9 Å². The molecule has 2 unspecified atom stereocenters. The van der Waals surface area contributed by atoms with Crippen molar-refractivity contribution in [3.8, 4) is 0 Å². The highest BCUT2D eigenvalue weighted by Crippen LogP contribution is 2.33. The van der Waals surface area contributed by atoms with Crippen LogP contribution in [0.3, 0.4) is 0 Å². The van der Waals surface area contributed by atoms with Gasteiger partial charge < -0.3 is 10.2 Å². The van der Waals surface area contributed by atoms with Crippen molar-refractivity contribution in [3.63, 3.8) is 0 Å². The highest BCUT2D eigenvalue weighted by Gasteiger charge is 2.33. The summed E-state index contributed by atoms with van der Waals surface area (Å²) in [6, 6.07) is 4.68. The number of benzene rings is 1. The molecule has 1 saturated heterocycles. The maximum absolute atomic E-state index is 14.2. The largest absolute Gasteiger partial charge is 0.353 e. The lowest BCUT2D eigenvalue weighted by Gasteiger charge is -2.37. The zero-order valence-corrected chi connectivity index (χ0v) is 14.1. The van der Waals surface area contributed by atoms with Crippen LogP contribution in [0.1, 0.15) is 18.5 Å². The molecule has 2 rings (SSSR count). The van der Waals surface area contributed by atoms with Crippen molar-refractivity contribution in [1.29, 1.82) is 0 Å². The summed E-state index contributed by atoms with van der Waals surface area (Å²) < 4.78 is 38.3. The lowest BCUT2D eigenvalue weighted by Crippen LogP contribution is -2.47. The fraction of sp³-hybridized carbons (Fsp3) is 0.571. The zero-order valence-electron chi connectivity index (χ0n) is 12.5. The van der Waals surface area contributed by atoms with Gasteiger partial charge in [-0.1, -0.05) is 6.07 Å². The monoisotopic (exact) mass is 332 g/mol. The maximum atomic E-state index is 14.2. The summed E-state index contributed by atoms with van der Waals surface area (Å²) in [5.41, 5.74) is 1.20. The highest BCUT2D eigenvalue weighted by molar-refractivity contribution is 8.01. The molecule has 0 aliphatic carbocycles. The van der Waals surface area contributed by atoms with Crippen LogP contribution in [0.15, 0.2) is 18.2 Å². The van der Waals surface area contributed by atoms with Crippen molar-refractivity contribution in [3.05, 3.63) is 29.6 Å². The second-order valence-corrected chi connectivity index (χ2v) is 8.59. The molecule has 1 aliphatic rings. The summed E-state index contributed by atoms with van der Waals surface area (Å²) in [4.78, 5) is 1.83. The Kier molecular flexibility index (Phi) is 5.16. The van der Waals surface area contributed by atoms with E-state index in [1.165, 1.54) is 12.3 Å². The second kappa shape index (κ2) is 6.54. The Hall–Kier alpha value is -0.790. The van der Waals surface area contributed by atoms with Gasteiger partial charge in [0.15, 0.2) is 9.84 Å². The molecule has 1 aromatic carbocycles. The number of nitrogens with zero attached hydrogens (tertiary/aromatic N) is 1. The molecule has 0 spiro atoms. The van der Waals surface area contributed by atoms with Gasteiger partial charge in [-0.25, -0.2) is 12.8 Å². The Labute approximate surface area is 130 Å². The molecule has 1 heterocycles. The van der Waals surface area contributed by atoms with Crippen molar-refractivity contribution in [2.45, 2.75) is 18.3 Å². The number of hydrogen-bond acceptors (Lipinski definition) is 5. The van der Waals surface area contributed by atoms with Crippen molar-refractivity contribution >= 4 is 27.3 Å². The van der Waals surface area contributed by atoms with Crippen molar-refractivity contribution in [2.75, 3.05) is 36.3 Å². The van der Waals surface area contributed by atoms with E-state index in [-0.39, 0.29) is 11.9 Å². The van der Waals surface area contributed by atoms with Gasteiger partial charge >= 0.3 is 0 Å². The van der Waals surface area contributed by atoms with Gasteiger partial charge in [0.25, 0.3) is 0 Å². The third-order valence-corrected chi connectivity index (χ3v) is 6.43. The number of rotatable bonds is 4.